The Balaban J connectivity index is 1.75. The minimum atomic E-state index is -0.545. The summed E-state index contributed by atoms with van der Waals surface area (Å²) in [5.41, 5.74) is 3.10. The zero-order chi connectivity index (χ0) is 21.7. The number of aryl methyl sites for hydroxylation is 1. The van der Waals surface area contributed by atoms with E-state index in [1.807, 2.05) is 61.5 Å². The molecule has 0 fully saturated rings. The average molecular weight is 495 g/mol. The van der Waals surface area contributed by atoms with Crippen molar-refractivity contribution in [2.75, 3.05) is 0 Å². The third kappa shape index (κ3) is 3.38. The number of carbonyl (C=O) groups is 1. The quantitative estimate of drug-likeness (QED) is 0.338. The molecular weight excluding hydrogens is 478 g/mol. The highest BCUT2D eigenvalue weighted by molar-refractivity contribution is 9.10. The van der Waals surface area contributed by atoms with Gasteiger partial charge >= 0.3 is 0 Å². The third-order valence-electron chi connectivity index (χ3n) is 5.63. The van der Waals surface area contributed by atoms with Gasteiger partial charge in [0.25, 0.3) is 5.91 Å². The van der Waals surface area contributed by atoms with Gasteiger partial charge in [0.05, 0.1) is 17.0 Å². The van der Waals surface area contributed by atoms with E-state index in [2.05, 4.69) is 15.9 Å². The zero-order valence-corrected chi connectivity index (χ0v) is 18.9. The fourth-order valence-corrected chi connectivity index (χ4v) is 4.50. The van der Waals surface area contributed by atoms with Crippen molar-refractivity contribution in [3.63, 3.8) is 0 Å². The maximum atomic E-state index is 13.6. The van der Waals surface area contributed by atoms with Gasteiger partial charge in [0.1, 0.15) is 5.58 Å². The average Bonchev–Trinajstić information content (AvgIpc) is 3.03. The van der Waals surface area contributed by atoms with Crippen LogP contribution in [0.5, 0.6) is 0 Å². The maximum Gasteiger partial charge on any atom is 0.291 e. The summed E-state index contributed by atoms with van der Waals surface area (Å²) in [6.45, 7) is 2.20. The topological polar surface area (TPSA) is 50.5 Å². The van der Waals surface area contributed by atoms with Gasteiger partial charge in [-0.1, -0.05) is 70.0 Å². The lowest BCUT2D eigenvalue weighted by atomic mass is 9.98. The number of benzene rings is 3. The summed E-state index contributed by atoms with van der Waals surface area (Å²) in [7, 11) is 0. The second kappa shape index (κ2) is 7.66. The number of rotatable bonds is 3. The standard InChI is InChI=1S/C25H17BrClNO3/c1-14-11-20-18(12-19(14)27)23(29)21-22(16-7-9-17(26)10-8-16)28(25(30)24(21)31-20)13-15-5-3-2-4-6-15/h2-12,22H,13H2,1H3. The molecule has 154 valence electrons. The lowest BCUT2D eigenvalue weighted by Gasteiger charge is -2.25. The fourth-order valence-electron chi connectivity index (χ4n) is 4.08. The number of halogens is 2. The molecule has 1 aliphatic heterocycles. The van der Waals surface area contributed by atoms with Gasteiger partial charge in [-0.3, -0.25) is 9.59 Å². The normalized spacial score (nSPS) is 15.5. The van der Waals surface area contributed by atoms with Crippen molar-refractivity contribution in [2.24, 2.45) is 0 Å². The van der Waals surface area contributed by atoms with Gasteiger partial charge in [-0.15, -0.1) is 0 Å². The van der Waals surface area contributed by atoms with Crippen LogP contribution in [-0.4, -0.2) is 10.8 Å². The number of nitrogens with zero attached hydrogens (tertiary/aromatic N) is 1. The molecular formula is C25H17BrClNO3. The molecule has 1 atom stereocenters. The fraction of sp³-hybridized carbons (Fsp3) is 0.120. The molecule has 2 heterocycles. The molecule has 4 nitrogen and oxygen atoms in total. The first-order chi connectivity index (χ1) is 14.9. The van der Waals surface area contributed by atoms with Crippen molar-refractivity contribution in [3.8, 4) is 0 Å². The van der Waals surface area contributed by atoms with Gasteiger partial charge in [-0.2, -0.15) is 0 Å². The smallest absolute Gasteiger partial charge is 0.291 e. The molecule has 0 saturated heterocycles. The number of hydrogen-bond acceptors (Lipinski definition) is 3. The van der Waals surface area contributed by atoms with Crippen LogP contribution < -0.4 is 5.43 Å². The Morgan fingerprint density at radius 2 is 1.74 bits per heavy atom. The van der Waals surface area contributed by atoms with E-state index in [-0.39, 0.29) is 17.1 Å². The van der Waals surface area contributed by atoms with Crippen molar-refractivity contribution in [3.05, 3.63) is 114 Å². The molecule has 1 aromatic heterocycles. The Hall–Kier alpha value is -2.89. The summed E-state index contributed by atoms with van der Waals surface area (Å²) in [4.78, 5) is 28.7. The summed E-state index contributed by atoms with van der Waals surface area (Å²) >= 11 is 9.74. The van der Waals surface area contributed by atoms with Gasteiger partial charge < -0.3 is 9.32 Å². The molecule has 6 heteroatoms. The summed E-state index contributed by atoms with van der Waals surface area (Å²) in [6.07, 6.45) is 0. The molecule has 0 saturated carbocycles. The minimum absolute atomic E-state index is 0.100. The van der Waals surface area contributed by atoms with Crippen LogP contribution in [0.4, 0.5) is 0 Å². The first kappa shape index (κ1) is 20.0. The first-order valence-electron chi connectivity index (χ1n) is 9.81. The molecule has 3 aromatic carbocycles. The van der Waals surface area contributed by atoms with E-state index >= 15 is 0 Å². The Morgan fingerprint density at radius 3 is 2.45 bits per heavy atom. The molecule has 0 spiro atoms. The number of fused-ring (bicyclic) bond motifs is 2. The predicted octanol–water partition coefficient (Wildman–Crippen LogP) is 6.26. The summed E-state index contributed by atoms with van der Waals surface area (Å²) < 4.78 is 6.94. The molecule has 1 unspecified atom stereocenters. The van der Waals surface area contributed by atoms with E-state index in [9.17, 15) is 9.59 Å². The van der Waals surface area contributed by atoms with Crippen LogP contribution in [0, 0.1) is 6.92 Å². The molecule has 0 bridgehead atoms. The second-order valence-electron chi connectivity index (χ2n) is 7.64. The van der Waals surface area contributed by atoms with Crippen LogP contribution in [-0.2, 0) is 6.54 Å². The van der Waals surface area contributed by atoms with E-state index in [1.165, 1.54) is 0 Å². The van der Waals surface area contributed by atoms with E-state index in [0.717, 1.165) is 21.2 Å². The lowest BCUT2D eigenvalue weighted by Crippen LogP contribution is -2.29. The summed E-state index contributed by atoms with van der Waals surface area (Å²) in [5, 5.41) is 0.872. The summed E-state index contributed by atoms with van der Waals surface area (Å²) in [5.74, 6) is -0.193. The SMILES string of the molecule is Cc1cc2oc3c(c(=O)c2cc1Cl)C(c1ccc(Br)cc1)N(Cc1ccccc1)C3=O. The van der Waals surface area contributed by atoms with Crippen LogP contribution >= 0.6 is 27.5 Å². The number of amides is 1. The summed E-state index contributed by atoms with van der Waals surface area (Å²) in [6, 6.07) is 20.2. The number of hydrogen-bond donors (Lipinski definition) is 0. The predicted molar refractivity (Wildman–Crippen MR) is 125 cm³/mol. The lowest BCUT2D eigenvalue weighted by molar-refractivity contribution is 0.0714. The molecule has 0 N–H and O–H groups in total. The van der Waals surface area contributed by atoms with Gasteiger partial charge in [-0.25, -0.2) is 0 Å². The maximum absolute atomic E-state index is 13.6. The van der Waals surface area contributed by atoms with Gasteiger partial charge in [-0.05, 0) is 47.9 Å². The van der Waals surface area contributed by atoms with Crippen LogP contribution in [0.2, 0.25) is 5.02 Å². The third-order valence-corrected chi connectivity index (χ3v) is 6.56. The van der Waals surface area contributed by atoms with Crippen LogP contribution in [0.1, 0.15) is 38.9 Å². The van der Waals surface area contributed by atoms with Gasteiger partial charge in [0, 0.05) is 16.0 Å². The van der Waals surface area contributed by atoms with Crippen LogP contribution in [0.25, 0.3) is 11.0 Å². The van der Waals surface area contributed by atoms with Crippen LogP contribution in [0.3, 0.4) is 0 Å². The van der Waals surface area contributed by atoms with Crippen molar-refractivity contribution >= 4 is 44.4 Å². The molecule has 4 aromatic rings. The molecule has 0 aliphatic carbocycles. The molecule has 1 amide bonds. The van der Waals surface area contributed by atoms with Crippen molar-refractivity contribution in [1.82, 2.24) is 4.90 Å². The van der Waals surface area contributed by atoms with E-state index in [1.54, 1.807) is 17.0 Å². The Bertz CT molecular complexity index is 1380. The van der Waals surface area contributed by atoms with Crippen LogP contribution in [0.15, 0.2) is 80.4 Å². The van der Waals surface area contributed by atoms with Crippen molar-refractivity contribution in [1.29, 1.82) is 0 Å². The number of carbonyl (C=O) groups excluding carboxylic acids is 1. The molecule has 0 radical (unpaired) electrons. The Morgan fingerprint density at radius 1 is 1.03 bits per heavy atom. The molecule has 5 rings (SSSR count). The molecule has 1 aliphatic rings. The van der Waals surface area contributed by atoms with E-state index in [0.29, 0.717) is 28.1 Å². The zero-order valence-electron chi connectivity index (χ0n) is 16.6. The largest absolute Gasteiger partial charge is 0.450 e. The van der Waals surface area contributed by atoms with E-state index < -0.39 is 6.04 Å². The Kier molecular flexibility index (Phi) is 4.95. The molecule has 31 heavy (non-hydrogen) atoms. The van der Waals surface area contributed by atoms with E-state index in [4.69, 9.17) is 16.0 Å². The van der Waals surface area contributed by atoms with Gasteiger partial charge in [0.15, 0.2) is 5.43 Å². The highest BCUT2D eigenvalue weighted by Gasteiger charge is 2.42. The Labute approximate surface area is 192 Å². The highest BCUT2D eigenvalue weighted by Crippen LogP contribution is 2.39. The minimum Gasteiger partial charge on any atom is -0.450 e. The highest BCUT2D eigenvalue weighted by atomic mass is 79.9. The monoisotopic (exact) mass is 493 g/mol. The second-order valence-corrected chi connectivity index (χ2v) is 8.97. The first-order valence-corrected chi connectivity index (χ1v) is 11.0. The van der Waals surface area contributed by atoms with Gasteiger partial charge in [0.2, 0.25) is 5.76 Å². The van der Waals surface area contributed by atoms with Crippen molar-refractivity contribution < 1.29 is 9.21 Å². The van der Waals surface area contributed by atoms with Crippen molar-refractivity contribution in [2.45, 2.75) is 19.5 Å².